The molecule has 0 aliphatic carbocycles. The van der Waals surface area contributed by atoms with Crippen LogP contribution in [-0.4, -0.2) is 14.8 Å². The highest BCUT2D eigenvalue weighted by atomic mass is 79.9. The topological polar surface area (TPSA) is 59.6 Å². The third-order valence-electron chi connectivity index (χ3n) is 2.86. The average molecular weight is 291 g/mol. The predicted molar refractivity (Wildman–Crippen MR) is 72.6 cm³/mol. The van der Waals surface area contributed by atoms with Crippen molar-refractivity contribution in [1.82, 2.24) is 14.8 Å². The molecule has 5 heteroatoms. The summed E-state index contributed by atoms with van der Waals surface area (Å²) in [6, 6.07) is 8.01. The van der Waals surface area contributed by atoms with Gasteiger partial charge in [0.1, 0.15) is 5.82 Å². The average Bonchev–Trinajstić information content (AvgIpc) is 2.85. The lowest BCUT2D eigenvalue weighted by atomic mass is 10.1. The lowest BCUT2D eigenvalue weighted by Crippen LogP contribution is -1.84. The van der Waals surface area contributed by atoms with Gasteiger partial charge >= 0.3 is 0 Å². The van der Waals surface area contributed by atoms with Gasteiger partial charge in [-0.15, -0.1) is 0 Å². The molecule has 1 aromatic carbocycles. The fourth-order valence-electron chi connectivity index (χ4n) is 2.09. The highest BCUT2D eigenvalue weighted by Crippen LogP contribution is 2.34. The first-order valence-electron chi connectivity index (χ1n) is 5.21. The first kappa shape index (κ1) is 10.4. The Balaban J connectivity index is 2.37. The van der Waals surface area contributed by atoms with Crippen LogP contribution in [0.4, 0.5) is 5.82 Å². The Morgan fingerprint density at radius 2 is 2.24 bits per heavy atom. The van der Waals surface area contributed by atoms with Crippen molar-refractivity contribution in [3.05, 3.63) is 34.9 Å². The highest BCUT2D eigenvalue weighted by molar-refractivity contribution is 9.10. The van der Waals surface area contributed by atoms with E-state index in [9.17, 15) is 0 Å². The third-order valence-corrected chi connectivity index (χ3v) is 3.46. The summed E-state index contributed by atoms with van der Waals surface area (Å²) in [6.07, 6.45) is 2.05. The van der Waals surface area contributed by atoms with Gasteiger partial charge in [-0.25, -0.2) is 0 Å². The van der Waals surface area contributed by atoms with E-state index in [1.807, 2.05) is 25.4 Å². The number of aryl methyl sites for hydroxylation is 1. The minimum atomic E-state index is 0.504. The van der Waals surface area contributed by atoms with Crippen LogP contribution in [0.2, 0.25) is 0 Å². The zero-order valence-corrected chi connectivity index (χ0v) is 10.8. The fraction of sp³-hybridized carbons (Fsp3) is 0.0833. The van der Waals surface area contributed by atoms with Gasteiger partial charge in [-0.05, 0) is 22.0 Å². The van der Waals surface area contributed by atoms with Crippen molar-refractivity contribution < 1.29 is 0 Å². The molecule has 0 aliphatic heterocycles. The van der Waals surface area contributed by atoms with Crippen LogP contribution in [0.25, 0.3) is 22.2 Å². The number of aromatic nitrogens is 3. The summed E-state index contributed by atoms with van der Waals surface area (Å²) >= 11 is 3.59. The second-order valence-electron chi connectivity index (χ2n) is 3.99. The Hall–Kier alpha value is -1.75. The molecule has 0 spiro atoms. The summed E-state index contributed by atoms with van der Waals surface area (Å²) in [4.78, 5) is 0. The van der Waals surface area contributed by atoms with E-state index in [-0.39, 0.29) is 0 Å². The molecule has 2 aromatic heterocycles. The number of fused-ring (bicyclic) bond motifs is 1. The van der Waals surface area contributed by atoms with E-state index in [1.165, 1.54) is 10.9 Å². The van der Waals surface area contributed by atoms with Gasteiger partial charge in [0, 0.05) is 40.2 Å². The molecular weight excluding hydrogens is 280 g/mol. The summed E-state index contributed by atoms with van der Waals surface area (Å²) in [5.74, 6) is 0.504. The number of benzene rings is 1. The zero-order valence-electron chi connectivity index (χ0n) is 9.24. The molecule has 0 aliphatic rings. The van der Waals surface area contributed by atoms with Crippen LogP contribution in [0.3, 0.4) is 0 Å². The second-order valence-corrected chi connectivity index (χ2v) is 4.85. The van der Waals surface area contributed by atoms with Crippen LogP contribution in [-0.2, 0) is 7.05 Å². The molecule has 0 bridgehead atoms. The van der Waals surface area contributed by atoms with E-state index in [1.54, 1.807) is 0 Å². The Labute approximate surface area is 107 Å². The van der Waals surface area contributed by atoms with Crippen LogP contribution in [0.15, 0.2) is 34.9 Å². The summed E-state index contributed by atoms with van der Waals surface area (Å²) in [5, 5.41) is 8.08. The molecular formula is C12H11BrN4. The maximum atomic E-state index is 5.64. The number of hydrogen-bond donors (Lipinski definition) is 2. The van der Waals surface area contributed by atoms with Crippen molar-refractivity contribution in [2.45, 2.75) is 0 Å². The Kier molecular flexibility index (Phi) is 2.22. The van der Waals surface area contributed by atoms with Crippen LogP contribution < -0.4 is 5.73 Å². The number of nitrogens with one attached hydrogen (secondary N) is 1. The molecule has 0 saturated heterocycles. The number of nitrogens with zero attached hydrogens (tertiary/aromatic N) is 2. The maximum absolute atomic E-state index is 5.64. The monoisotopic (exact) mass is 290 g/mol. The second kappa shape index (κ2) is 3.63. The fourth-order valence-corrected chi connectivity index (χ4v) is 2.81. The van der Waals surface area contributed by atoms with Crippen molar-refractivity contribution in [3.8, 4) is 11.3 Å². The van der Waals surface area contributed by atoms with E-state index in [0.29, 0.717) is 5.82 Å². The first-order valence-corrected chi connectivity index (χ1v) is 6.01. The first-order chi connectivity index (χ1) is 8.16. The van der Waals surface area contributed by atoms with Crippen LogP contribution >= 0.6 is 15.9 Å². The van der Waals surface area contributed by atoms with E-state index < -0.39 is 0 Å². The molecule has 0 amide bonds. The van der Waals surface area contributed by atoms with E-state index in [4.69, 9.17) is 5.73 Å². The van der Waals surface area contributed by atoms with Gasteiger partial charge < -0.3 is 10.3 Å². The molecule has 17 heavy (non-hydrogen) atoms. The minimum Gasteiger partial charge on any atom is -0.382 e. The number of rotatable bonds is 1. The lowest BCUT2D eigenvalue weighted by Gasteiger charge is -2.02. The number of halogens is 1. The maximum Gasteiger partial charge on any atom is 0.145 e. The lowest BCUT2D eigenvalue weighted by molar-refractivity contribution is 0.966. The van der Waals surface area contributed by atoms with Gasteiger partial charge in [0.15, 0.2) is 0 Å². The molecule has 0 unspecified atom stereocenters. The number of nitrogen functional groups attached to an aromatic ring is 1. The molecule has 0 atom stereocenters. The van der Waals surface area contributed by atoms with Gasteiger partial charge in [0.2, 0.25) is 0 Å². The smallest absolute Gasteiger partial charge is 0.145 e. The Bertz CT molecular complexity index is 696. The molecule has 0 saturated carbocycles. The largest absolute Gasteiger partial charge is 0.382 e. The molecule has 3 aromatic rings. The number of H-pyrrole nitrogens is 1. The van der Waals surface area contributed by atoms with Gasteiger partial charge in [-0.1, -0.05) is 12.1 Å². The van der Waals surface area contributed by atoms with Crippen molar-refractivity contribution >= 4 is 32.7 Å². The summed E-state index contributed by atoms with van der Waals surface area (Å²) in [5.41, 5.74) is 8.84. The van der Waals surface area contributed by atoms with Crippen molar-refractivity contribution in [2.75, 3.05) is 5.73 Å². The standard InChI is InChI=1S/C12H11BrN4/c1-17-6-8(13)12-7(3-2-4-10(12)17)9-5-11(14)16-15-9/h2-6H,1H3,(H3,14,15,16). The molecule has 0 fully saturated rings. The SMILES string of the molecule is Cn1cc(Br)c2c(-c3cc(N)n[nH]3)cccc21. The van der Waals surface area contributed by atoms with Crippen molar-refractivity contribution in [1.29, 1.82) is 0 Å². The number of anilines is 1. The van der Waals surface area contributed by atoms with E-state index in [0.717, 1.165) is 15.7 Å². The molecule has 3 N–H and O–H groups in total. The number of aromatic amines is 1. The van der Waals surface area contributed by atoms with Gasteiger partial charge in [-0.3, -0.25) is 5.10 Å². The molecule has 3 rings (SSSR count). The normalized spacial score (nSPS) is 11.2. The van der Waals surface area contributed by atoms with Crippen LogP contribution in [0.1, 0.15) is 0 Å². The van der Waals surface area contributed by atoms with Crippen molar-refractivity contribution in [3.63, 3.8) is 0 Å². The highest BCUT2D eigenvalue weighted by Gasteiger charge is 2.11. The minimum absolute atomic E-state index is 0.504. The third kappa shape index (κ3) is 1.54. The van der Waals surface area contributed by atoms with E-state index >= 15 is 0 Å². The number of hydrogen-bond acceptors (Lipinski definition) is 2. The number of nitrogens with two attached hydrogens (primary N) is 1. The van der Waals surface area contributed by atoms with Crippen molar-refractivity contribution in [2.24, 2.45) is 7.05 Å². The summed E-state index contributed by atoms with van der Waals surface area (Å²) < 4.78 is 3.15. The Morgan fingerprint density at radius 1 is 1.41 bits per heavy atom. The summed E-state index contributed by atoms with van der Waals surface area (Å²) in [7, 11) is 2.03. The molecule has 86 valence electrons. The van der Waals surface area contributed by atoms with Gasteiger partial charge in [0.25, 0.3) is 0 Å². The Morgan fingerprint density at radius 3 is 2.94 bits per heavy atom. The summed E-state index contributed by atoms with van der Waals surface area (Å²) in [6.45, 7) is 0. The van der Waals surface area contributed by atoms with E-state index in [2.05, 4.69) is 42.8 Å². The van der Waals surface area contributed by atoms with Gasteiger partial charge in [-0.2, -0.15) is 5.10 Å². The van der Waals surface area contributed by atoms with Crippen LogP contribution in [0.5, 0.6) is 0 Å². The molecule has 4 nitrogen and oxygen atoms in total. The predicted octanol–water partition coefficient (Wildman–Crippen LogP) is 2.91. The zero-order chi connectivity index (χ0) is 12.0. The van der Waals surface area contributed by atoms with Gasteiger partial charge in [0.05, 0.1) is 5.69 Å². The molecule has 2 heterocycles. The molecule has 0 radical (unpaired) electrons. The quantitative estimate of drug-likeness (QED) is 0.724. The van der Waals surface area contributed by atoms with Crippen LogP contribution in [0, 0.1) is 0 Å².